The van der Waals surface area contributed by atoms with Crippen molar-refractivity contribution in [2.45, 2.75) is 25.8 Å². The van der Waals surface area contributed by atoms with Crippen molar-refractivity contribution in [2.24, 2.45) is 5.73 Å². The lowest BCUT2D eigenvalue weighted by Crippen LogP contribution is -2.32. The van der Waals surface area contributed by atoms with Crippen LogP contribution in [0.2, 0.25) is 0 Å². The molecule has 0 spiro atoms. The van der Waals surface area contributed by atoms with E-state index in [1.54, 1.807) is 0 Å². The maximum atomic E-state index is 12.1. The van der Waals surface area contributed by atoms with Gasteiger partial charge in [0.2, 0.25) is 0 Å². The van der Waals surface area contributed by atoms with Crippen molar-refractivity contribution >= 4 is 17.4 Å². The standard InChI is InChI=1S/C14H18N4OS/c1-9(2)12-13(20-18-17-12)14(19)16-8-11(15)10-6-4-3-5-7-10/h3-7,9,11H,8,15H2,1-2H3,(H,16,19). The van der Waals surface area contributed by atoms with Gasteiger partial charge in [-0.3, -0.25) is 4.79 Å². The second-order valence-electron chi connectivity index (χ2n) is 4.87. The first-order valence-electron chi connectivity index (χ1n) is 6.50. The number of rotatable bonds is 5. The normalized spacial score (nSPS) is 12.4. The third-order valence-corrected chi connectivity index (χ3v) is 3.72. The van der Waals surface area contributed by atoms with Gasteiger partial charge in [0.1, 0.15) is 4.88 Å². The third kappa shape index (κ3) is 3.40. The molecule has 0 radical (unpaired) electrons. The van der Waals surface area contributed by atoms with E-state index in [0.717, 1.165) is 22.8 Å². The van der Waals surface area contributed by atoms with Crippen molar-refractivity contribution < 1.29 is 4.79 Å². The van der Waals surface area contributed by atoms with Crippen LogP contribution in [0.4, 0.5) is 0 Å². The average molecular weight is 290 g/mol. The molecule has 1 amide bonds. The number of carbonyl (C=O) groups excluding carboxylic acids is 1. The van der Waals surface area contributed by atoms with Crippen molar-refractivity contribution in [3.63, 3.8) is 0 Å². The Morgan fingerprint density at radius 3 is 2.70 bits per heavy atom. The summed E-state index contributed by atoms with van der Waals surface area (Å²) in [5.41, 5.74) is 7.79. The van der Waals surface area contributed by atoms with Crippen molar-refractivity contribution in [2.75, 3.05) is 6.54 Å². The van der Waals surface area contributed by atoms with Crippen molar-refractivity contribution in [3.05, 3.63) is 46.5 Å². The van der Waals surface area contributed by atoms with Gasteiger partial charge in [-0.25, -0.2) is 0 Å². The Labute approximate surface area is 122 Å². The number of hydrogen-bond acceptors (Lipinski definition) is 5. The molecule has 1 unspecified atom stereocenters. The first-order chi connectivity index (χ1) is 9.59. The Bertz CT molecular complexity index is 568. The molecule has 1 atom stereocenters. The first kappa shape index (κ1) is 14.6. The second-order valence-corrected chi connectivity index (χ2v) is 5.62. The molecule has 1 aromatic carbocycles. The van der Waals surface area contributed by atoms with E-state index in [-0.39, 0.29) is 17.9 Å². The van der Waals surface area contributed by atoms with Crippen LogP contribution in [0.5, 0.6) is 0 Å². The molecular weight excluding hydrogens is 272 g/mol. The molecule has 20 heavy (non-hydrogen) atoms. The minimum Gasteiger partial charge on any atom is -0.349 e. The summed E-state index contributed by atoms with van der Waals surface area (Å²) >= 11 is 1.12. The number of benzene rings is 1. The first-order valence-corrected chi connectivity index (χ1v) is 7.28. The number of aromatic nitrogens is 2. The largest absolute Gasteiger partial charge is 0.349 e. The average Bonchev–Trinajstić information content (AvgIpc) is 2.95. The fourth-order valence-corrected chi connectivity index (χ4v) is 2.57. The monoisotopic (exact) mass is 290 g/mol. The zero-order chi connectivity index (χ0) is 14.5. The van der Waals surface area contributed by atoms with Crippen LogP contribution in [0, 0.1) is 0 Å². The number of amides is 1. The zero-order valence-electron chi connectivity index (χ0n) is 11.5. The van der Waals surface area contributed by atoms with Crippen molar-refractivity contribution in [3.8, 4) is 0 Å². The van der Waals surface area contributed by atoms with E-state index in [4.69, 9.17) is 5.73 Å². The van der Waals surface area contributed by atoms with E-state index < -0.39 is 0 Å². The maximum absolute atomic E-state index is 12.1. The predicted octanol–water partition coefficient (Wildman–Crippen LogP) is 2.09. The molecule has 1 heterocycles. The molecule has 0 bridgehead atoms. The summed E-state index contributed by atoms with van der Waals surface area (Å²) in [7, 11) is 0. The van der Waals surface area contributed by atoms with Gasteiger partial charge in [-0.15, -0.1) is 5.10 Å². The summed E-state index contributed by atoms with van der Waals surface area (Å²) in [5.74, 6) is 0.0207. The van der Waals surface area contributed by atoms with Gasteiger partial charge in [-0.05, 0) is 23.0 Å². The van der Waals surface area contributed by atoms with E-state index in [1.165, 1.54) is 0 Å². The van der Waals surface area contributed by atoms with Gasteiger partial charge in [0.15, 0.2) is 0 Å². The highest BCUT2D eigenvalue weighted by molar-refractivity contribution is 7.08. The Morgan fingerprint density at radius 2 is 2.05 bits per heavy atom. The lowest BCUT2D eigenvalue weighted by atomic mass is 10.1. The molecule has 0 saturated carbocycles. The quantitative estimate of drug-likeness (QED) is 0.883. The van der Waals surface area contributed by atoms with Gasteiger partial charge >= 0.3 is 0 Å². The van der Waals surface area contributed by atoms with Gasteiger partial charge in [0.05, 0.1) is 5.69 Å². The minimum atomic E-state index is -0.219. The highest BCUT2D eigenvalue weighted by atomic mass is 32.1. The highest BCUT2D eigenvalue weighted by Crippen LogP contribution is 2.19. The van der Waals surface area contributed by atoms with Gasteiger partial charge < -0.3 is 11.1 Å². The molecule has 3 N–H and O–H groups in total. The summed E-state index contributed by atoms with van der Waals surface area (Å²) in [6, 6.07) is 9.48. The Kier molecular flexibility index (Phi) is 4.81. The summed E-state index contributed by atoms with van der Waals surface area (Å²) in [6.07, 6.45) is 0. The third-order valence-electron chi connectivity index (χ3n) is 2.98. The topological polar surface area (TPSA) is 80.9 Å². The van der Waals surface area contributed by atoms with Crippen molar-refractivity contribution in [1.29, 1.82) is 0 Å². The van der Waals surface area contributed by atoms with Gasteiger partial charge in [0, 0.05) is 12.6 Å². The summed E-state index contributed by atoms with van der Waals surface area (Å²) in [4.78, 5) is 12.7. The Morgan fingerprint density at radius 1 is 1.35 bits per heavy atom. The predicted molar refractivity (Wildman–Crippen MR) is 79.7 cm³/mol. The number of nitrogens with two attached hydrogens (primary N) is 1. The van der Waals surface area contributed by atoms with Crippen molar-refractivity contribution in [1.82, 2.24) is 14.9 Å². The molecule has 0 aliphatic rings. The van der Waals surface area contributed by atoms with E-state index in [2.05, 4.69) is 14.9 Å². The molecule has 106 valence electrons. The molecule has 0 aliphatic carbocycles. The van der Waals surface area contributed by atoms with Crippen LogP contribution in [0.3, 0.4) is 0 Å². The van der Waals surface area contributed by atoms with Crippen LogP contribution in [0.1, 0.15) is 46.7 Å². The Hall–Kier alpha value is -1.79. The zero-order valence-corrected chi connectivity index (χ0v) is 12.4. The number of carbonyl (C=O) groups is 1. The van der Waals surface area contributed by atoms with E-state index in [1.807, 2.05) is 44.2 Å². The fraction of sp³-hybridized carbons (Fsp3) is 0.357. The SMILES string of the molecule is CC(C)c1nnsc1C(=O)NCC(N)c1ccccc1. The summed E-state index contributed by atoms with van der Waals surface area (Å²) in [5, 5.41) is 6.84. The smallest absolute Gasteiger partial charge is 0.265 e. The molecule has 0 saturated heterocycles. The summed E-state index contributed by atoms with van der Waals surface area (Å²) < 4.78 is 3.85. The van der Waals surface area contributed by atoms with E-state index >= 15 is 0 Å². The molecule has 2 rings (SSSR count). The molecule has 6 heteroatoms. The highest BCUT2D eigenvalue weighted by Gasteiger charge is 2.19. The molecule has 2 aromatic rings. The van der Waals surface area contributed by atoms with Crippen LogP contribution >= 0.6 is 11.5 Å². The van der Waals surface area contributed by atoms with Gasteiger partial charge in [-0.1, -0.05) is 48.7 Å². The molecular formula is C14H18N4OS. The van der Waals surface area contributed by atoms with Crippen LogP contribution in [-0.4, -0.2) is 22.0 Å². The number of hydrogen-bond donors (Lipinski definition) is 2. The second kappa shape index (κ2) is 6.58. The number of nitrogens with one attached hydrogen (secondary N) is 1. The lowest BCUT2D eigenvalue weighted by molar-refractivity contribution is 0.0954. The Balaban J connectivity index is 1.97. The molecule has 0 aliphatic heterocycles. The van der Waals surface area contributed by atoms with Crippen LogP contribution in [-0.2, 0) is 0 Å². The fourth-order valence-electron chi connectivity index (χ4n) is 1.83. The molecule has 1 aromatic heterocycles. The molecule has 0 fully saturated rings. The lowest BCUT2D eigenvalue weighted by Gasteiger charge is -2.13. The maximum Gasteiger partial charge on any atom is 0.265 e. The van der Waals surface area contributed by atoms with E-state index in [9.17, 15) is 4.79 Å². The van der Waals surface area contributed by atoms with Gasteiger partial charge in [-0.2, -0.15) is 0 Å². The number of nitrogens with zero attached hydrogens (tertiary/aromatic N) is 2. The van der Waals surface area contributed by atoms with Crippen LogP contribution in [0.15, 0.2) is 30.3 Å². The van der Waals surface area contributed by atoms with E-state index in [0.29, 0.717) is 11.4 Å². The minimum absolute atomic E-state index is 0.157. The summed E-state index contributed by atoms with van der Waals surface area (Å²) in [6.45, 7) is 4.37. The van der Waals surface area contributed by atoms with Crippen LogP contribution in [0.25, 0.3) is 0 Å². The van der Waals surface area contributed by atoms with Gasteiger partial charge in [0.25, 0.3) is 5.91 Å². The molecule has 5 nitrogen and oxygen atoms in total. The van der Waals surface area contributed by atoms with Crippen LogP contribution < -0.4 is 11.1 Å².